The molecule has 1 unspecified atom stereocenters. The molecule has 0 aromatic heterocycles. The largest absolute Gasteiger partial charge is 0.495 e. The van der Waals surface area contributed by atoms with Gasteiger partial charge in [0.25, 0.3) is 11.6 Å². The van der Waals surface area contributed by atoms with Gasteiger partial charge in [-0.1, -0.05) is 36.9 Å². The van der Waals surface area contributed by atoms with Crippen LogP contribution < -0.4 is 14.8 Å². The molecule has 1 amide bonds. The van der Waals surface area contributed by atoms with E-state index in [1.807, 2.05) is 0 Å². The fourth-order valence-electron chi connectivity index (χ4n) is 3.25. The summed E-state index contributed by atoms with van der Waals surface area (Å²) < 4.78 is 15.5. The number of rotatable bonds is 12. The van der Waals surface area contributed by atoms with Crippen LogP contribution in [0.5, 0.6) is 11.5 Å². The fourth-order valence-corrected chi connectivity index (χ4v) is 3.25. The molecule has 3 rings (SSSR count). The molecule has 1 N–H and O–H groups in total. The predicted octanol–water partition coefficient (Wildman–Crippen LogP) is 4.77. The van der Waals surface area contributed by atoms with Gasteiger partial charge < -0.3 is 19.5 Å². The number of ketones is 1. The highest BCUT2D eigenvalue weighted by Gasteiger charge is 2.29. The van der Waals surface area contributed by atoms with Crippen molar-refractivity contribution in [1.82, 2.24) is 0 Å². The second-order valence-corrected chi connectivity index (χ2v) is 7.79. The molecule has 3 aromatic rings. The predicted molar refractivity (Wildman–Crippen MR) is 141 cm³/mol. The number of methoxy groups -OCH3 is 2. The summed E-state index contributed by atoms with van der Waals surface area (Å²) in [5, 5.41) is 21.4. The average molecular weight is 533 g/mol. The zero-order valence-electron chi connectivity index (χ0n) is 21.0. The van der Waals surface area contributed by atoms with E-state index in [1.165, 1.54) is 38.5 Å². The van der Waals surface area contributed by atoms with Crippen molar-refractivity contribution in [1.29, 1.82) is 0 Å². The van der Waals surface area contributed by atoms with E-state index in [4.69, 9.17) is 14.2 Å². The van der Waals surface area contributed by atoms with Crippen LogP contribution in [0.25, 0.3) is 6.08 Å². The molecule has 0 fully saturated rings. The Balaban J connectivity index is 1.85. The van der Waals surface area contributed by atoms with Crippen molar-refractivity contribution in [3.8, 4) is 11.5 Å². The summed E-state index contributed by atoms with van der Waals surface area (Å²) in [6.07, 6.45) is 1.61. The van der Waals surface area contributed by atoms with E-state index in [1.54, 1.807) is 42.5 Å². The summed E-state index contributed by atoms with van der Waals surface area (Å²) in [7, 11) is 2.69. The van der Waals surface area contributed by atoms with Gasteiger partial charge in [-0.05, 0) is 35.9 Å². The van der Waals surface area contributed by atoms with Gasteiger partial charge in [0.1, 0.15) is 11.4 Å². The Bertz CT molecular complexity index is 1420. The lowest BCUT2D eigenvalue weighted by Crippen LogP contribution is -2.36. The lowest BCUT2D eigenvalue weighted by molar-refractivity contribution is -0.384. The van der Waals surface area contributed by atoms with Gasteiger partial charge in [-0.3, -0.25) is 19.7 Å². The molecule has 1 atom stereocenters. The molecule has 0 saturated carbocycles. The van der Waals surface area contributed by atoms with Gasteiger partial charge in [0.15, 0.2) is 12.4 Å². The van der Waals surface area contributed by atoms with Crippen LogP contribution >= 0.6 is 0 Å². The van der Waals surface area contributed by atoms with E-state index < -0.39 is 35.2 Å². The molecule has 0 saturated heterocycles. The fraction of sp³-hybridized carbons (Fsp3) is 0.148. The first kappa shape index (κ1) is 28.2. The summed E-state index contributed by atoms with van der Waals surface area (Å²) in [6.45, 7) is 2.86. The van der Waals surface area contributed by atoms with Crippen LogP contribution in [0.3, 0.4) is 0 Å². The number of nitrogens with zero attached hydrogens (tertiary/aromatic N) is 3. The van der Waals surface area contributed by atoms with Gasteiger partial charge in [0.05, 0.1) is 36.5 Å². The van der Waals surface area contributed by atoms with Crippen molar-refractivity contribution in [3.05, 3.63) is 94.6 Å². The molecule has 12 heteroatoms. The second kappa shape index (κ2) is 13.2. The topological polar surface area (TPSA) is 159 Å². The lowest BCUT2D eigenvalue weighted by Gasteiger charge is -2.14. The summed E-state index contributed by atoms with van der Waals surface area (Å²) in [6, 6.07) is 14.6. The van der Waals surface area contributed by atoms with Crippen molar-refractivity contribution < 1.29 is 33.5 Å². The number of benzene rings is 3. The van der Waals surface area contributed by atoms with Crippen LogP contribution in [0.1, 0.15) is 15.9 Å². The van der Waals surface area contributed by atoms with Crippen LogP contribution in [-0.4, -0.2) is 49.5 Å². The van der Waals surface area contributed by atoms with Crippen molar-refractivity contribution >= 4 is 40.8 Å². The van der Waals surface area contributed by atoms with E-state index >= 15 is 0 Å². The highest BCUT2D eigenvalue weighted by Crippen LogP contribution is 2.32. The Labute approximate surface area is 223 Å². The molecule has 0 aliphatic rings. The number of azo groups is 1. The second-order valence-electron chi connectivity index (χ2n) is 7.79. The number of Topliss-reactive ketones (excluding diaryl/α,β-unsaturated/α-hetero) is 1. The molecular formula is C27H24N4O8. The van der Waals surface area contributed by atoms with E-state index in [9.17, 15) is 24.5 Å². The van der Waals surface area contributed by atoms with Crippen molar-refractivity contribution in [2.24, 2.45) is 10.2 Å². The lowest BCUT2D eigenvalue weighted by atomic mass is 10.1. The number of carbonyl (C=O) groups excluding carboxylic acids is 3. The third-order valence-corrected chi connectivity index (χ3v) is 5.30. The van der Waals surface area contributed by atoms with Crippen molar-refractivity contribution in [2.75, 3.05) is 26.1 Å². The number of anilines is 1. The highest BCUT2D eigenvalue weighted by atomic mass is 16.6. The normalized spacial score (nSPS) is 11.3. The SMILES string of the molecule is C=Cc1ccc(C(=O)OCC(=O)C(N=Nc2ccc([N+](=O)[O-])cc2OC)C(=O)Nc2ccccc2OC)cc1. The Morgan fingerprint density at radius 3 is 2.36 bits per heavy atom. The molecule has 0 bridgehead atoms. The molecule has 0 aliphatic carbocycles. The standard InChI is InChI=1S/C27H24N4O8/c1-4-17-9-11-18(12-10-17)27(34)39-16-22(32)25(26(33)28-20-7-5-6-8-23(20)37-2)30-29-21-14-13-19(31(35)36)15-24(21)38-3/h4-15,25H,1,16H2,2-3H3,(H,28,33). The number of hydrogen-bond acceptors (Lipinski definition) is 10. The van der Waals surface area contributed by atoms with Gasteiger partial charge in [0, 0.05) is 6.07 Å². The molecule has 39 heavy (non-hydrogen) atoms. The molecule has 200 valence electrons. The smallest absolute Gasteiger partial charge is 0.338 e. The number of nitrogens with one attached hydrogen (secondary N) is 1. The van der Waals surface area contributed by atoms with Crippen LogP contribution in [0, 0.1) is 10.1 Å². The third kappa shape index (κ3) is 7.32. The van der Waals surface area contributed by atoms with E-state index in [-0.39, 0.29) is 28.4 Å². The Morgan fingerprint density at radius 1 is 1.03 bits per heavy atom. The Kier molecular flexibility index (Phi) is 9.57. The van der Waals surface area contributed by atoms with Gasteiger partial charge in [-0.15, -0.1) is 0 Å². The molecule has 0 spiro atoms. The van der Waals surface area contributed by atoms with Crippen molar-refractivity contribution in [2.45, 2.75) is 6.04 Å². The first-order chi connectivity index (χ1) is 18.8. The van der Waals surface area contributed by atoms with Gasteiger partial charge in [0.2, 0.25) is 11.8 Å². The Hall–Kier alpha value is -5.39. The molecule has 12 nitrogen and oxygen atoms in total. The number of esters is 1. The molecule has 0 radical (unpaired) electrons. The quantitative estimate of drug-likeness (QED) is 0.115. The number of para-hydroxylation sites is 2. The first-order valence-corrected chi connectivity index (χ1v) is 11.4. The number of amides is 1. The van der Waals surface area contributed by atoms with Gasteiger partial charge >= 0.3 is 5.97 Å². The van der Waals surface area contributed by atoms with Crippen LogP contribution in [0.15, 0.2) is 83.5 Å². The third-order valence-electron chi connectivity index (χ3n) is 5.30. The van der Waals surface area contributed by atoms with Crippen LogP contribution in [0.2, 0.25) is 0 Å². The minimum atomic E-state index is -1.74. The maximum Gasteiger partial charge on any atom is 0.338 e. The average Bonchev–Trinajstić information content (AvgIpc) is 2.96. The molecule has 0 aliphatic heterocycles. The van der Waals surface area contributed by atoms with Gasteiger partial charge in [-0.2, -0.15) is 10.2 Å². The summed E-state index contributed by atoms with van der Waals surface area (Å²) in [5.74, 6) is -2.19. The first-order valence-electron chi connectivity index (χ1n) is 11.4. The zero-order valence-corrected chi connectivity index (χ0v) is 21.0. The number of hydrogen-bond donors (Lipinski definition) is 1. The number of nitro benzene ring substituents is 1. The number of carbonyl (C=O) groups is 3. The van der Waals surface area contributed by atoms with Crippen LogP contribution in [-0.2, 0) is 14.3 Å². The number of ether oxygens (including phenoxy) is 3. The Morgan fingerprint density at radius 2 is 1.72 bits per heavy atom. The van der Waals surface area contributed by atoms with E-state index in [0.717, 1.165) is 11.6 Å². The highest BCUT2D eigenvalue weighted by molar-refractivity contribution is 6.12. The van der Waals surface area contributed by atoms with Gasteiger partial charge in [-0.25, -0.2) is 4.79 Å². The summed E-state index contributed by atoms with van der Waals surface area (Å²) in [5.41, 5.74) is 1.04. The minimum absolute atomic E-state index is 0.00122. The molecule has 0 heterocycles. The maximum atomic E-state index is 13.1. The zero-order chi connectivity index (χ0) is 28.4. The summed E-state index contributed by atoms with van der Waals surface area (Å²) >= 11 is 0. The van der Waals surface area contributed by atoms with Crippen molar-refractivity contribution in [3.63, 3.8) is 0 Å². The maximum absolute atomic E-state index is 13.1. The number of non-ortho nitro benzene ring substituents is 1. The number of nitro groups is 1. The minimum Gasteiger partial charge on any atom is -0.495 e. The molecular weight excluding hydrogens is 508 g/mol. The van der Waals surface area contributed by atoms with Crippen LogP contribution in [0.4, 0.5) is 17.1 Å². The van der Waals surface area contributed by atoms with E-state index in [0.29, 0.717) is 5.75 Å². The monoisotopic (exact) mass is 532 g/mol. The molecule has 3 aromatic carbocycles. The summed E-state index contributed by atoms with van der Waals surface area (Å²) in [4.78, 5) is 49.0. The van der Waals surface area contributed by atoms with E-state index in [2.05, 4.69) is 22.1 Å².